The Balaban J connectivity index is 2.37. The molecule has 2 unspecified atom stereocenters. The fraction of sp³-hybridized carbons (Fsp3) is 0.917. The van der Waals surface area contributed by atoms with E-state index in [9.17, 15) is 4.79 Å². The Hall–Kier alpha value is -0.610. The van der Waals surface area contributed by atoms with Crippen molar-refractivity contribution in [3.05, 3.63) is 0 Å². The Kier molecular flexibility index (Phi) is 5.77. The summed E-state index contributed by atoms with van der Waals surface area (Å²) in [5.74, 6) is 0.125. The van der Waals surface area contributed by atoms with Crippen LogP contribution in [-0.2, 0) is 9.53 Å². The third-order valence-electron chi connectivity index (χ3n) is 3.31. The van der Waals surface area contributed by atoms with Crippen molar-refractivity contribution in [3.8, 4) is 0 Å². The SMILES string of the molecule is CCC1CCCN1C(=O)C(N)CCCOC. The summed E-state index contributed by atoms with van der Waals surface area (Å²) in [6, 6.07) is 0.0725. The summed E-state index contributed by atoms with van der Waals surface area (Å²) >= 11 is 0. The molecule has 0 spiro atoms. The van der Waals surface area contributed by atoms with Gasteiger partial charge in [0.1, 0.15) is 0 Å². The van der Waals surface area contributed by atoms with Crippen molar-refractivity contribution >= 4 is 5.91 Å². The van der Waals surface area contributed by atoms with Gasteiger partial charge in [0.25, 0.3) is 0 Å². The van der Waals surface area contributed by atoms with E-state index in [1.807, 2.05) is 4.90 Å². The zero-order valence-corrected chi connectivity index (χ0v) is 10.4. The maximum absolute atomic E-state index is 12.1. The molecule has 0 aliphatic carbocycles. The normalized spacial score (nSPS) is 22.4. The Morgan fingerprint density at radius 2 is 2.38 bits per heavy atom. The summed E-state index contributed by atoms with van der Waals surface area (Å²) < 4.78 is 4.96. The van der Waals surface area contributed by atoms with Crippen molar-refractivity contribution in [2.24, 2.45) is 5.73 Å². The number of nitrogens with zero attached hydrogens (tertiary/aromatic N) is 1. The summed E-state index contributed by atoms with van der Waals surface area (Å²) in [6.07, 6.45) is 4.87. The average Bonchev–Trinajstić information content (AvgIpc) is 2.76. The Morgan fingerprint density at radius 1 is 1.62 bits per heavy atom. The van der Waals surface area contributed by atoms with Crippen molar-refractivity contribution in [1.29, 1.82) is 0 Å². The van der Waals surface area contributed by atoms with Crippen molar-refractivity contribution in [2.75, 3.05) is 20.3 Å². The van der Waals surface area contributed by atoms with Crippen LogP contribution >= 0.6 is 0 Å². The molecule has 0 saturated carbocycles. The first kappa shape index (κ1) is 13.5. The van der Waals surface area contributed by atoms with E-state index in [1.165, 1.54) is 0 Å². The number of carbonyl (C=O) groups is 1. The molecule has 1 aliphatic rings. The minimum atomic E-state index is -0.345. The van der Waals surface area contributed by atoms with Gasteiger partial charge in [-0.15, -0.1) is 0 Å². The van der Waals surface area contributed by atoms with Crippen LogP contribution in [0, 0.1) is 0 Å². The molecule has 0 radical (unpaired) electrons. The number of likely N-dealkylation sites (tertiary alicyclic amines) is 1. The molecule has 1 amide bonds. The minimum Gasteiger partial charge on any atom is -0.385 e. The lowest BCUT2D eigenvalue weighted by molar-refractivity contribution is -0.133. The van der Waals surface area contributed by atoms with Gasteiger partial charge in [-0.05, 0) is 32.1 Å². The lowest BCUT2D eigenvalue weighted by Crippen LogP contribution is -2.45. The summed E-state index contributed by atoms with van der Waals surface area (Å²) in [4.78, 5) is 14.0. The van der Waals surface area contributed by atoms with Crippen molar-refractivity contribution in [3.63, 3.8) is 0 Å². The monoisotopic (exact) mass is 228 g/mol. The van der Waals surface area contributed by atoms with Gasteiger partial charge in [-0.3, -0.25) is 4.79 Å². The van der Waals surface area contributed by atoms with E-state index >= 15 is 0 Å². The molecule has 1 aliphatic heterocycles. The molecule has 2 N–H and O–H groups in total. The highest BCUT2D eigenvalue weighted by Gasteiger charge is 2.29. The summed E-state index contributed by atoms with van der Waals surface area (Å²) in [7, 11) is 1.67. The predicted octanol–water partition coefficient (Wildman–Crippen LogP) is 1.14. The maximum Gasteiger partial charge on any atom is 0.239 e. The van der Waals surface area contributed by atoms with Gasteiger partial charge < -0.3 is 15.4 Å². The van der Waals surface area contributed by atoms with E-state index in [0.717, 1.165) is 38.6 Å². The van der Waals surface area contributed by atoms with E-state index in [0.29, 0.717) is 12.6 Å². The number of amides is 1. The van der Waals surface area contributed by atoms with Crippen LogP contribution in [-0.4, -0.2) is 43.2 Å². The van der Waals surface area contributed by atoms with Crippen LogP contribution in [0.5, 0.6) is 0 Å². The molecule has 1 rings (SSSR count). The Bertz CT molecular complexity index is 221. The lowest BCUT2D eigenvalue weighted by atomic mass is 10.1. The maximum atomic E-state index is 12.1. The van der Waals surface area contributed by atoms with Crippen LogP contribution in [0.4, 0.5) is 0 Å². The van der Waals surface area contributed by atoms with Crippen LogP contribution in [0.15, 0.2) is 0 Å². The van der Waals surface area contributed by atoms with E-state index < -0.39 is 0 Å². The highest BCUT2D eigenvalue weighted by molar-refractivity contribution is 5.82. The molecule has 4 heteroatoms. The molecule has 16 heavy (non-hydrogen) atoms. The molecule has 1 heterocycles. The van der Waals surface area contributed by atoms with E-state index in [2.05, 4.69) is 6.92 Å². The molecular weight excluding hydrogens is 204 g/mol. The topological polar surface area (TPSA) is 55.6 Å². The van der Waals surface area contributed by atoms with Crippen LogP contribution in [0.2, 0.25) is 0 Å². The third kappa shape index (κ3) is 3.46. The van der Waals surface area contributed by atoms with Crippen LogP contribution in [0.3, 0.4) is 0 Å². The second kappa shape index (κ2) is 6.86. The Morgan fingerprint density at radius 3 is 3.00 bits per heavy atom. The summed E-state index contributed by atoms with van der Waals surface area (Å²) in [5.41, 5.74) is 5.91. The summed E-state index contributed by atoms with van der Waals surface area (Å²) in [6.45, 7) is 3.69. The van der Waals surface area contributed by atoms with Crippen LogP contribution in [0.25, 0.3) is 0 Å². The second-order valence-electron chi connectivity index (χ2n) is 4.48. The highest BCUT2D eigenvalue weighted by Crippen LogP contribution is 2.20. The van der Waals surface area contributed by atoms with Crippen LogP contribution in [0.1, 0.15) is 39.0 Å². The van der Waals surface area contributed by atoms with Crippen molar-refractivity contribution in [2.45, 2.75) is 51.1 Å². The number of nitrogens with two attached hydrogens (primary N) is 1. The third-order valence-corrected chi connectivity index (χ3v) is 3.31. The quantitative estimate of drug-likeness (QED) is 0.694. The molecule has 1 fully saturated rings. The second-order valence-corrected chi connectivity index (χ2v) is 4.48. The first-order valence-electron chi connectivity index (χ1n) is 6.25. The average molecular weight is 228 g/mol. The zero-order valence-electron chi connectivity index (χ0n) is 10.4. The zero-order chi connectivity index (χ0) is 12.0. The minimum absolute atomic E-state index is 0.125. The number of carbonyl (C=O) groups excluding carboxylic acids is 1. The molecule has 0 aromatic carbocycles. The van der Waals surface area contributed by atoms with Gasteiger partial charge in [0.05, 0.1) is 6.04 Å². The van der Waals surface area contributed by atoms with Gasteiger partial charge in [0, 0.05) is 26.3 Å². The molecule has 0 aromatic heterocycles. The number of methoxy groups -OCH3 is 1. The number of ether oxygens (including phenoxy) is 1. The molecule has 4 nitrogen and oxygen atoms in total. The molecule has 94 valence electrons. The van der Waals surface area contributed by atoms with Crippen LogP contribution < -0.4 is 5.73 Å². The van der Waals surface area contributed by atoms with E-state index in [-0.39, 0.29) is 11.9 Å². The number of hydrogen-bond acceptors (Lipinski definition) is 3. The van der Waals surface area contributed by atoms with Crippen molar-refractivity contribution < 1.29 is 9.53 Å². The van der Waals surface area contributed by atoms with Gasteiger partial charge in [-0.2, -0.15) is 0 Å². The smallest absolute Gasteiger partial charge is 0.239 e. The fourth-order valence-corrected chi connectivity index (χ4v) is 2.33. The van der Waals surface area contributed by atoms with Gasteiger partial charge >= 0.3 is 0 Å². The molecule has 0 aromatic rings. The first-order chi connectivity index (χ1) is 7.70. The largest absolute Gasteiger partial charge is 0.385 e. The molecule has 2 atom stereocenters. The lowest BCUT2D eigenvalue weighted by Gasteiger charge is -2.26. The van der Waals surface area contributed by atoms with Gasteiger partial charge in [-0.25, -0.2) is 0 Å². The number of rotatable bonds is 6. The standard InChI is InChI=1S/C12H24N2O2/c1-3-10-6-4-8-14(10)12(15)11(13)7-5-9-16-2/h10-11H,3-9,13H2,1-2H3. The van der Waals surface area contributed by atoms with Gasteiger partial charge in [0.2, 0.25) is 5.91 Å². The highest BCUT2D eigenvalue weighted by atomic mass is 16.5. The summed E-state index contributed by atoms with van der Waals surface area (Å²) in [5, 5.41) is 0. The molecule has 1 saturated heterocycles. The van der Waals surface area contributed by atoms with Gasteiger partial charge in [-0.1, -0.05) is 6.92 Å². The van der Waals surface area contributed by atoms with E-state index in [4.69, 9.17) is 10.5 Å². The number of hydrogen-bond donors (Lipinski definition) is 1. The molecule has 0 bridgehead atoms. The van der Waals surface area contributed by atoms with Crippen molar-refractivity contribution in [1.82, 2.24) is 4.90 Å². The Labute approximate surface area is 98.1 Å². The van der Waals surface area contributed by atoms with E-state index in [1.54, 1.807) is 7.11 Å². The van der Waals surface area contributed by atoms with Gasteiger partial charge in [0.15, 0.2) is 0 Å². The predicted molar refractivity (Wildman–Crippen MR) is 64.1 cm³/mol. The first-order valence-corrected chi connectivity index (χ1v) is 6.25. The fourth-order valence-electron chi connectivity index (χ4n) is 2.33. The molecular formula is C12H24N2O2.